The summed E-state index contributed by atoms with van der Waals surface area (Å²) in [5.74, 6) is 5.26. The fourth-order valence-corrected chi connectivity index (χ4v) is 3.50. The third kappa shape index (κ3) is 2.58. The van der Waals surface area contributed by atoms with Gasteiger partial charge in [0.05, 0.1) is 10.2 Å². The topological polar surface area (TPSA) is 80.0 Å². The van der Waals surface area contributed by atoms with E-state index in [0.29, 0.717) is 10.7 Å². The summed E-state index contributed by atoms with van der Waals surface area (Å²) in [5.41, 5.74) is 4.77. The number of hydrazine groups is 1. The molecule has 0 aliphatic heterocycles. The molecule has 4 aromatic rings. The minimum Gasteiger partial charge on any atom is -0.322 e. The van der Waals surface area contributed by atoms with Crippen LogP contribution in [-0.4, -0.2) is 10.9 Å². The molecule has 0 unspecified atom stereocenters. The lowest BCUT2D eigenvalue weighted by molar-refractivity contribution is 0.102. The van der Waals surface area contributed by atoms with Gasteiger partial charge in [-0.05, 0) is 35.0 Å². The highest BCUT2D eigenvalue weighted by molar-refractivity contribution is 7.22. The Morgan fingerprint density at radius 1 is 1.04 bits per heavy atom. The number of aromatic nitrogens is 1. The van der Waals surface area contributed by atoms with E-state index < -0.39 is 0 Å². The number of hydrogen-bond acceptors (Lipinski definition) is 5. The van der Waals surface area contributed by atoms with Crippen molar-refractivity contribution < 1.29 is 4.79 Å². The number of carbonyl (C=O) groups is 1. The van der Waals surface area contributed by atoms with Crippen LogP contribution in [0.5, 0.6) is 0 Å². The van der Waals surface area contributed by atoms with E-state index in [1.54, 1.807) is 0 Å². The van der Waals surface area contributed by atoms with Crippen molar-refractivity contribution in [3.63, 3.8) is 0 Å². The minimum absolute atomic E-state index is 0.132. The van der Waals surface area contributed by atoms with Crippen LogP contribution in [0.2, 0.25) is 0 Å². The fraction of sp³-hybridized carbons (Fsp3) is 0. The monoisotopic (exact) mass is 334 g/mol. The molecule has 0 aliphatic rings. The molecule has 3 aromatic carbocycles. The van der Waals surface area contributed by atoms with Crippen molar-refractivity contribution in [2.24, 2.45) is 5.84 Å². The summed E-state index contributed by atoms with van der Waals surface area (Å²) in [5, 5.41) is 5.58. The molecule has 1 aromatic heterocycles. The molecule has 0 radical (unpaired) electrons. The van der Waals surface area contributed by atoms with Crippen LogP contribution in [0, 0.1) is 0 Å². The molecule has 5 nitrogen and oxygen atoms in total. The molecule has 1 heterocycles. The molecule has 118 valence electrons. The summed E-state index contributed by atoms with van der Waals surface area (Å²) in [6.45, 7) is 0. The van der Waals surface area contributed by atoms with Crippen molar-refractivity contribution in [1.82, 2.24) is 4.98 Å². The number of hydrogen-bond donors (Lipinski definition) is 3. The van der Waals surface area contributed by atoms with Crippen molar-refractivity contribution in [3.8, 4) is 0 Å². The number of benzene rings is 3. The molecular weight excluding hydrogens is 320 g/mol. The van der Waals surface area contributed by atoms with Crippen LogP contribution in [0.25, 0.3) is 21.0 Å². The van der Waals surface area contributed by atoms with E-state index in [0.717, 1.165) is 26.7 Å². The maximum Gasteiger partial charge on any atom is 0.256 e. The number of thiazole rings is 1. The van der Waals surface area contributed by atoms with E-state index in [4.69, 9.17) is 5.84 Å². The molecule has 0 bridgehead atoms. The number of nitrogen functional groups attached to an aromatic ring is 1. The van der Waals surface area contributed by atoms with Crippen LogP contribution < -0.4 is 16.6 Å². The molecule has 0 saturated heterocycles. The van der Waals surface area contributed by atoms with Crippen LogP contribution in [0.3, 0.4) is 0 Å². The van der Waals surface area contributed by atoms with Gasteiger partial charge in [-0.2, -0.15) is 0 Å². The Labute approximate surface area is 142 Å². The Balaban J connectivity index is 1.68. The van der Waals surface area contributed by atoms with Crippen LogP contribution in [-0.2, 0) is 0 Å². The first-order valence-electron chi connectivity index (χ1n) is 7.41. The molecule has 0 aliphatic carbocycles. The lowest BCUT2D eigenvalue weighted by Gasteiger charge is -2.08. The highest BCUT2D eigenvalue weighted by Crippen LogP contribution is 2.28. The number of carbonyl (C=O) groups excluding carboxylic acids is 1. The number of rotatable bonds is 3. The Bertz CT molecular complexity index is 1050. The van der Waals surface area contributed by atoms with Gasteiger partial charge in [-0.25, -0.2) is 10.8 Å². The van der Waals surface area contributed by atoms with E-state index in [2.05, 4.69) is 15.7 Å². The number of amides is 1. The zero-order valence-corrected chi connectivity index (χ0v) is 13.4. The van der Waals surface area contributed by atoms with Gasteiger partial charge in [0, 0.05) is 11.3 Å². The van der Waals surface area contributed by atoms with Gasteiger partial charge in [-0.15, -0.1) is 0 Å². The number of fused-ring (bicyclic) bond motifs is 2. The van der Waals surface area contributed by atoms with Gasteiger partial charge in [-0.3, -0.25) is 10.2 Å². The highest BCUT2D eigenvalue weighted by Gasteiger charge is 2.11. The van der Waals surface area contributed by atoms with Crippen molar-refractivity contribution in [2.75, 3.05) is 10.7 Å². The molecule has 1 amide bonds. The Kier molecular flexibility index (Phi) is 3.60. The quantitative estimate of drug-likeness (QED) is 0.391. The maximum atomic E-state index is 12.7. The van der Waals surface area contributed by atoms with Gasteiger partial charge < -0.3 is 5.32 Å². The van der Waals surface area contributed by atoms with Gasteiger partial charge in [0.1, 0.15) is 0 Å². The zero-order chi connectivity index (χ0) is 16.5. The molecular formula is C18H14N4OS. The number of anilines is 2. The number of nitrogens with zero attached hydrogens (tertiary/aromatic N) is 1. The maximum absolute atomic E-state index is 12.7. The fourth-order valence-electron chi connectivity index (χ4n) is 2.69. The Hall–Kier alpha value is -2.96. The van der Waals surface area contributed by atoms with E-state index in [9.17, 15) is 4.79 Å². The van der Waals surface area contributed by atoms with Crippen LogP contribution in [0.4, 0.5) is 10.8 Å². The van der Waals surface area contributed by atoms with Crippen molar-refractivity contribution in [2.45, 2.75) is 0 Å². The molecule has 0 spiro atoms. The lowest BCUT2D eigenvalue weighted by Crippen LogP contribution is -2.12. The summed E-state index contributed by atoms with van der Waals surface area (Å²) < 4.78 is 0.957. The van der Waals surface area contributed by atoms with Gasteiger partial charge in [-0.1, -0.05) is 47.7 Å². The van der Waals surface area contributed by atoms with Crippen molar-refractivity contribution in [3.05, 3.63) is 66.2 Å². The van der Waals surface area contributed by atoms with Crippen LogP contribution >= 0.6 is 11.3 Å². The highest BCUT2D eigenvalue weighted by atomic mass is 32.1. The van der Waals surface area contributed by atoms with Crippen molar-refractivity contribution in [1.29, 1.82) is 0 Å². The van der Waals surface area contributed by atoms with Gasteiger partial charge in [0.2, 0.25) is 0 Å². The molecule has 4 rings (SSSR count). The van der Waals surface area contributed by atoms with Crippen molar-refractivity contribution >= 4 is 49.1 Å². The normalized spacial score (nSPS) is 10.9. The minimum atomic E-state index is -0.132. The average Bonchev–Trinajstić information content (AvgIpc) is 3.03. The van der Waals surface area contributed by atoms with Crippen LogP contribution in [0.1, 0.15) is 10.4 Å². The van der Waals surface area contributed by atoms with Gasteiger partial charge in [0.25, 0.3) is 5.91 Å². The molecule has 0 atom stereocenters. The summed E-state index contributed by atoms with van der Waals surface area (Å²) in [6, 6.07) is 19.2. The Morgan fingerprint density at radius 2 is 1.88 bits per heavy atom. The van der Waals surface area contributed by atoms with E-state index in [1.165, 1.54) is 11.3 Å². The summed E-state index contributed by atoms with van der Waals surface area (Å²) in [4.78, 5) is 17.0. The second kappa shape index (κ2) is 5.92. The predicted molar refractivity (Wildman–Crippen MR) is 99.3 cm³/mol. The Morgan fingerprint density at radius 3 is 2.75 bits per heavy atom. The van der Waals surface area contributed by atoms with E-state index in [1.807, 2.05) is 60.7 Å². The molecule has 4 N–H and O–H groups in total. The second-order valence-electron chi connectivity index (χ2n) is 5.33. The number of nitrogens with two attached hydrogens (primary N) is 1. The summed E-state index contributed by atoms with van der Waals surface area (Å²) in [6.07, 6.45) is 0. The summed E-state index contributed by atoms with van der Waals surface area (Å²) >= 11 is 1.44. The van der Waals surface area contributed by atoms with Gasteiger partial charge in [0.15, 0.2) is 5.13 Å². The SMILES string of the molecule is NNc1nc2ccc(NC(=O)c3cccc4ccccc34)cc2s1. The van der Waals surface area contributed by atoms with E-state index >= 15 is 0 Å². The average molecular weight is 334 g/mol. The first kappa shape index (κ1) is 14.6. The molecule has 0 fully saturated rings. The largest absolute Gasteiger partial charge is 0.322 e. The molecule has 0 saturated carbocycles. The van der Waals surface area contributed by atoms with Crippen LogP contribution in [0.15, 0.2) is 60.7 Å². The second-order valence-corrected chi connectivity index (χ2v) is 6.36. The third-order valence-corrected chi connectivity index (χ3v) is 4.75. The molecule has 24 heavy (non-hydrogen) atoms. The zero-order valence-electron chi connectivity index (χ0n) is 12.6. The van der Waals surface area contributed by atoms with Gasteiger partial charge >= 0.3 is 0 Å². The predicted octanol–water partition coefficient (Wildman–Crippen LogP) is 3.99. The number of nitrogens with one attached hydrogen (secondary N) is 2. The third-order valence-electron chi connectivity index (χ3n) is 3.80. The smallest absolute Gasteiger partial charge is 0.256 e. The first-order valence-corrected chi connectivity index (χ1v) is 8.22. The lowest BCUT2D eigenvalue weighted by atomic mass is 10.0. The van der Waals surface area contributed by atoms with E-state index in [-0.39, 0.29) is 5.91 Å². The molecule has 6 heteroatoms. The first-order chi connectivity index (χ1) is 11.7. The standard InChI is InChI=1S/C18H14N4OS/c19-22-18-21-15-9-8-12(10-16(15)24-18)20-17(23)14-7-3-5-11-4-1-2-6-13(11)14/h1-10H,19H2,(H,20,23)(H,21,22). The summed E-state index contributed by atoms with van der Waals surface area (Å²) in [7, 11) is 0.